The quantitative estimate of drug-likeness (QED) is 0.351. The molecule has 1 aliphatic rings. The van der Waals surface area contributed by atoms with Crippen molar-refractivity contribution < 1.29 is 14.5 Å². The van der Waals surface area contributed by atoms with E-state index in [0.717, 1.165) is 4.88 Å². The van der Waals surface area contributed by atoms with Gasteiger partial charge in [-0.25, -0.2) is 9.79 Å². The van der Waals surface area contributed by atoms with Crippen molar-refractivity contribution in [1.82, 2.24) is 4.57 Å². The van der Waals surface area contributed by atoms with Crippen molar-refractivity contribution in [2.24, 2.45) is 4.99 Å². The third-order valence-corrected chi connectivity index (χ3v) is 6.53. The summed E-state index contributed by atoms with van der Waals surface area (Å²) in [5.74, 6) is -0.539. The highest BCUT2D eigenvalue weighted by molar-refractivity contribution is 7.10. The summed E-state index contributed by atoms with van der Waals surface area (Å²) in [5.41, 5.74) is 0.957. The Kier molecular flexibility index (Phi) is 5.18. The Labute approximate surface area is 177 Å². The number of aromatic nitrogens is 1. The van der Waals surface area contributed by atoms with Crippen molar-refractivity contribution in [3.05, 3.63) is 93.3 Å². The maximum Gasteiger partial charge on any atom is 0.338 e. The first kappa shape index (κ1) is 19.9. The second-order valence-corrected chi connectivity index (χ2v) is 8.43. The van der Waals surface area contributed by atoms with Crippen molar-refractivity contribution in [3.8, 4) is 0 Å². The van der Waals surface area contributed by atoms with E-state index >= 15 is 0 Å². The summed E-state index contributed by atoms with van der Waals surface area (Å²) in [7, 11) is 1.29. The topological polar surface area (TPSA) is 104 Å². The van der Waals surface area contributed by atoms with Crippen LogP contribution in [0.25, 0.3) is 6.08 Å². The molecule has 4 rings (SSSR count). The molecule has 30 heavy (non-hydrogen) atoms. The fourth-order valence-corrected chi connectivity index (χ4v) is 5.16. The first-order valence-electron chi connectivity index (χ1n) is 8.79. The van der Waals surface area contributed by atoms with Gasteiger partial charge in [0.05, 0.1) is 27.8 Å². The molecule has 0 amide bonds. The lowest BCUT2D eigenvalue weighted by Crippen LogP contribution is -2.39. The number of thiophene rings is 1. The van der Waals surface area contributed by atoms with Gasteiger partial charge in [-0.05, 0) is 30.0 Å². The normalized spacial score (nSPS) is 16.2. The molecule has 10 heteroatoms. The molecule has 152 valence electrons. The lowest BCUT2D eigenvalue weighted by atomic mass is 10.0. The molecule has 0 unspecified atom stereocenters. The van der Waals surface area contributed by atoms with Gasteiger partial charge in [-0.15, -0.1) is 11.3 Å². The maximum atomic E-state index is 13.3. The van der Waals surface area contributed by atoms with Crippen LogP contribution in [-0.4, -0.2) is 22.6 Å². The molecule has 3 heterocycles. The number of allylic oxidation sites excluding steroid dienone is 1. The maximum absolute atomic E-state index is 13.3. The van der Waals surface area contributed by atoms with Gasteiger partial charge in [0, 0.05) is 17.0 Å². The lowest BCUT2D eigenvalue weighted by molar-refractivity contribution is -0.384. The number of nitro groups is 1. The number of nitro benzene ring substituents is 1. The minimum Gasteiger partial charge on any atom is -0.466 e. The third kappa shape index (κ3) is 3.40. The van der Waals surface area contributed by atoms with Crippen molar-refractivity contribution >= 4 is 40.4 Å². The predicted octanol–water partition coefficient (Wildman–Crippen LogP) is 2.38. The fourth-order valence-electron chi connectivity index (χ4n) is 3.29. The van der Waals surface area contributed by atoms with Gasteiger partial charge >= 0.3 is 5.97 Å². The summed E-state index contributed by atoms with van der Waals surface area (Å²) < 4.78 is 6.80. The Balaban J connectivity index is 1.94. The SMILES string of the molecule is COC(=O)C1=C(C)N=c2s/c(=C/c3cccc([N+](=O)[O-])c3)c(=O)n2[C@@H]1c1cccs1. The van der Waals surface area contributed by atoms with Crippen LogP contribution in [0.4, 0.5) is 5.69 Å². The number of fused-ring (bicyclic) bond motifs is 1. The molecule has 1 aliphatic heterocycles. The van der Waals surface area contributed by atoms with Crippen LogP contribution >= 0.6 is 22.7 Å². The molecule has 0 spiro atoms. The molecule has 8 nitrogen and oxygen atoms in total. The van der Waals surface area contributed by atoms with Crippen LogP contribution in [0.2, 0.25) is 0 Å². The Morgan fingerprint density at radius 3 is 2.80 bits per heavy atom. The van der Waals surface area contributed by atoms with Crippen molar-refractivity contribution in [2.45, 2.75) is 13.0 Å². The summed E-state index contributed by atoms with van der Waals surface area (Å²) in [6, 6.07) is 9.11. The number of hydrogen-bond donors (Lipinski definition) is 0. The zero-order chi connectivity index (χ0) is 21.4. The van der Waals surface area contributed by atoms with Gasteiger partial charge in [0.25, 0.3) is 11.2 Å². The molecule has 0 aliphatic carbocycles. The van der Waals surface area contributed by atoms with Crippen LogP contribution in [0, 0.1) is 10.1 Å². The number of rotatable bonds is 4. The predicted molar refractivity (Wildman–Crippen MR) is 113 cm³/mol. The first-order valence-corrected chi connectivity index (χ1v) is 10.5. The summed E-state index contributed by atoms with van der Waals surface area (Å²) in [6.07, 6.45) is 1.60. The summed E-state index contributed by atoms with van der Waals surface area (Å²) in [4.78, 5) is 42.1. The highest BCUT2D eigenvalue weighted by Gasteiger charge is 2.33. The number of hydrogen-bond acceptors (Lipinski definition) is 8. The smallest absolute Gasteiger partial charge is 0.338 e. The van der Waals surface area contributed by atoms with Gasteiger partial charge in [0.2, 0.25) is 0 Å². The number of thiazole rings is 1. The molecule has 0 saturated carbocycles. The molecule has 0 saturated heterocycles. The molecule has 0 fully saturated rings. The van der Waals surface area contributed by atoms with E-state index in [2.05, 4.69) is 4.99 Å². The van der Waals surface area contributed by atoms with Gasteiger partial charge in [-0.2, -0.15) is 0 Å². The Morgan fingerprint density at radius 2 is 2.13 bits per heavy atom. The molecule has 1 aromatic carbocycles. The van der Waals surface area contributed by atoms with Crippen LogP contribution in [0.1, 0.15) is 23.4 Å². The summed E-state index contributed by atoms with van der Waals surface area (Å²) in [6.45, 7) is 1.71. The third-order valence-electron chi connectivity index (χ3n) is 4.62. The lowest BCUT2D eigenvalue weighted by Gasteiger charge is -2.22. The van der Waals surface area contributed by atoms with Gasteiger partial charge in [0.15, 0.2) is 4.80 Å². The van der Waals surface area contributed by atoms with Crippen LogP contribution in [-0.2, 0) is 9.53 Å². The standard InChI is InChI=1S/C20H15N3O5S2/c1-11-16(19(25)28-2)17(14-7-4-8-29-14)22-18(24)15(30-20(22)21-11)10-12-5-3-6-13(9-12)23(26)27/h3-10,17H,1-2H3/b15-10+/t17-/m1/s1. The molecule has 2 aromatic heterocycles. The molecular weight excluding hydrogens is 426 g/mol. The van der Waals surface area contributed by atoms with Crippen LogP contribution in [0.3, 0.4) is 0 Å². The van der Waals surface area contributed by atoms with E-state index in [1.807, 2.05) is 17.5 Å². The fraction of sp³-hybridized carbons (Fsp3) is 0.150. The Morgan fingerprint density at radius 1 is 1.33 bits per heavy atom. The van der Waals surface area contributed by atoms with Crippen LogP contribution in [0.15, 0.2) is 62.8 Å². The zero-order valence-corrected chi connectivity index (χ0v) is 17.5. The van der Waals surface area contributed by atoms with E-state index in [0.29, 0.717) is 26.2 Å². The molecular formula is C20H15N3O5S2. The second kappa shape index (κ2) is 7.81. The number of benzene rings is 1. The number of ether oxygens (including phenoxy) is 1. The number of non-ortho nitro benzene ring substituents is 1. The molecule has 0 bridgehead atoms. The van der Waals surface area contributed by atoms with Gasteiger partial charge in [-0.1, -0.05) is 29.5 Å². The zero-order valence-electron chi connectivity index (χ0n) is 15.9. The molecule has 0 N–H and O–H groups in total. The largest absolute Gasteiger partial charge is 0.466 e. The highest BCUT2D eigenvalue weighted by Crippen LogP contribution is 2.32. The van der Waals surface area contributed by atoms with E-state index < -0.39 is 16.9 Å². The minimum absolute atomic E-state index is 0.0585. The molecule has 0 radical (unpaired) electrons. The average molecular weight is 441 g/mol. The summed E-state index contributed by atoms with van der Waals surface area (Å²) in [5, 5.41) is 12.9. The molecule has 1 atom stereocenters. The number of methoxy groups -OCH3 is 1. The van der Waals surface area contributed by atoms with E-state index in [1.165, 1.54) is 46.5 Å². The van der Waals surface area contributed by atoms with E-state index in [-0.39, 0.29) is 11.2 Å². The number of carbonyl (C=O) groups is 1. The number of esters is 1. The average Bonchev–Trinajstić information content (AvgIpc) is 3.36. The van der Waals surface area contributed by atoms with Gasteiger partial charge < -0.3 is 4.74 Å². The van der Waals surface area contributed by atoms with E-state index in [1.54, 1.807) is 25.1 Å². The number of carbonyl (C=O) groups excluding carboxylic acids is 1. The van der Waals surface area contributed by atoms with Crippen molar-refractivity contribution in [1.29, 1.82) is 0 Å². The van der Waals surface area contributed by atoms with E-state index in [4.69, 9.17) is 4.74 Å². The Hall–Kier alpha value is -3.37. The van der Waals surface area contributed by atoms with Crippen molar-refractivity contribution in [3.63, 3.8) is 0 Å². The summed E-state index contributed by atoms with van der Waals surface area (Å²) >= 11 is 2.60. The highest BCUT2D eigenvalue weighted by atomic mass is 32.1. The Bertz CT molecular complexity index is 1370. The first-order chi connectivity index (χ1) is 14.4. The second-order valence-electron chi connectivity index (χ2n) is 6.44. The van der Waals surface area contributed by atoms with Crippen LogP contribution in [0.5, 0.6) is 0 Å². The minimum atomic E-state index is -0.638. The monoisotopic (exact) mass is 441 g/mol. The number of nitrogens with zero attached hydrogens (tertiary/aromatic N) is 3. The van der Waals surface area contributed by atoms with Crippen molar-refractivity contribution in [2.75, 3.05) is 7.11 Å². The molecule has 3 aromatic rings. The van der Waals surface area contributed by atoms with Crippen LogP contribution < -0.4 is 14.9 Å². The van der Waals surface area contributed by atoms with Gasteiger partial charge in [-0.3, -0.25) is 19.5 Å². The van der Waals surface area contributed by atoms with Gasteiger partial charge in [0.1, 0.15) is 6.04 Å². The van der Waals surface area contributed by atoms with E-state index in [9.17, 15) is 19.7 Å².